The van der Waals surface area contributed by atoms with E-state index in [1.165, 1.54) is 18.1 Å². The van der Waals surface area contributed by atoms with Gasteiger partial charge in [-0.2, -0.15) is 0 Å². The van der Waals surface area contributed by atoms with Gasteiger partial charge in [-0.05, 0) is 26.0 Å². The second-order valence-electron chi connectivity index (χ2n) is 4.08. The van der Waals surface area contributed by atoms with Gasteiger partial charge in [0.15, 0.2) is 5.03 Å². The highest BCUT2D eigenvalue weighted by Crippen LogP contribution is 2.36. The topological polar surface area (TPSA) is 81.0 Å². The Balaban J connectivity index is 2.40. The average molecular weight is 290 g/mol. The Labute approximate surface area is 120 Å². The number of rotatable bonds is 5. The number of aryl methyl sites for hydroxylation is 1. The smallest absolute Gasteiger partial charge is 0.343 e. The lowest BCUT2D eigenvalue weighted by molar-refractivity contribution is -0.387. The number of hydrogen-bond acceptors (Lipinski definition) is 6. The highest BCUT2D eigenvalue weighted by Gasteiger charge is 2.23. The molecule has 1 aromatic heterocycles. The number of hydrogen-bond donors (Lipinski definition) is 1. The summed E-state index contributed by atoms with van der Waals surface area (Å²) in [6, 6.07) is 7.75. The zero-order valence-corrected chi connectivity index (χ0v) is 12.0. The Morgan fingerprint density at radius 1 is 1.40 bits per heavy atom. The van der Waals surface area contributed by atoms with Crippen LogP contribution in [0.2, 0.25) is 0 Å². The standard InChI is InChI=1S/C13H14N4O2S/c1-3-14-12-11(17(18)19)13(16-8-15-12)20-10-6-4-5-9(2)7-10/h4-8H,3H2,1-2H3,(H,14,15,16). The predicted molar refractivity (Wildman–Crippen MR) is 78.2 cm³/mol. The van der Waals surface area contributed by atoms with E-state index in [2.05, 4.69) is 15.3 Å². The SMILES string of the molecule is CCNc1ncnc(Sc2cccc(C)c2)c1[N+](=O)[O-]. The summed E-state index contributed by atoms with van der Waals surface area (Å²) in [5.41, 5.74) is 1.01. The molecule has 6 nitrogen and oxygen atoms in total. The minimum absolute atomic E-state index is 0.0825. The summed E-state index contributed by atoms with van der Waals surface area (Å²) in [6.45, 7) is 4.40. The molecule has 0 saturated carbocycles. The molecule has 2 rings (SSSR count). The third-order valence-corrected chi connectivity index (χ3v) is 3.50. The van der Waals surface area contributed by atoms with Crippen molar-refractivity contribution in [1.82, 2.24) is 9.97 Å². The Morgan fingerprint density at radius 2 is 2.20 bits per heavy atom. The normalized spacial score (nSPS) is 10.3. The second kappa shape index (κ2) is 6.33. The van der Waals surface area contributed by atoms with Crippen molar-refractivity contribution in [1.29, 1.82) is 0 Å². The summed E-state index contributed by atoms with van der Waals surface area (Å²) in [7, 11) is 0. The van der Waals surface area contributed by atoms with Crippen molar-refractivity contribution in [3.63, 3.8) is 0 Å². The molecule has 0 aliphatic heterocycles. The van der Waals surface area contributed by atoms with Crippen LogP contribution in [-0.4, -0.2) is 21.4 Å². The van der Waals surface area contributed by atoms with Crippen molar-refractivity contribution in [2.75, 3.05) is 11.9 Å². The first-order valence-corrected chi connectivity index (χ1v) is 6.91. The first kappa shape index (κ1) is 14.3. The van der Waals surface area contributed by atoms with Gasteiger partial charge in [-0.15, -0.1) is 0 Å². The monoisotopic (exact) mass is 290 g/mol. The van der Waals surface area contributed by atoms with E-state index in [4.69, 9.17) is 0 Å². The van der Waals surface area contributed by atoms with Crippen molar-refractivity contribution >= 4 is 23.3 Å². The quantitative estimate of drug-likeness (QED) is 0.517. The molecule has 0 saturated heterocycles. The molecule has 0 spiro atoms. The molecule has 2 aromatic rings. The summed E-state index contributed by atoms with van der Waals surface area (Å²) >= 11 is 1.26. The van der Waals surface area contributed by atoms with Gasteiger partial charge in [0.2, 0.25) is 5.82 Å². The number of nitrogens with zero attached hydrogens (tertiary/aromatic N) is 3. The van der Waals surface area contributed by atoms with Gasteiger partial charge in [-0.3, -0.25) is 10.1 Å². The van der Waals surface area contributed by atoms with Crippen LogP contribution in [0.5, 0.6) is 0 Å². The molecule has 0 atom stereocenters. The molecule has 0 unspecified atom stereocenters. The largest absolute Gasteiger partial charge is 0.364 e. The molecule has 7 heteroatoms. The lowest BCUT2D eigenvalue weighted by atomic mass is 10.2. The zero-order chi connectivity index (χ0) is 14.5. The van der Waals surface area contributed by atoms with Gasteiger partial charge in [0, 0.05) is 11.4 Å². The van der Waals surface area contributed by atoms with E-state index in [1.54, 1.807) is 0 Å². The molecular weight excluding hydrogens is 276 g/mol. The lowest BCUT2D eigenvalue weighted by Gasteiger charge is -2.07. The molecule has 0 fully saturated rings. The fourth-order valence-corrected chi connectivity index (χ4v) is 2.67. The molecule has 20 heavy (non-hydrogen) atoms. The zero-order valence-electron chi connectivity index (χ0n) is 11.2. The number of nitro groups is 1. The van der Waals surface area contributed by atoms with Crippen LogP contribution in [0.4, 0.5) is 11.5 Å². The maximum absolute atomic E-state index is 11.2. The molecule has 1 aromatic carbocycles. The highest BCUT2D eigenvalue weighted by molar-refractivity contribution is 7.99. The summed E-state index contributed by atoms with van der Waals surface area (Å²) in [5, 5.41) is 14.5. The second-order valence-corrected chi connectivity index (χ2v) is 5.14. The molecule has 104 valence electrons. The van der Waals surface area contributed by atoms with Crippen LogP contribution in [0.1, 0.15) is 12.5 Å². The minimum Gasteiger partial charge on any atom is -0.364 e. The van der Waals surface area contributed by atoms with Gasteiger partial charge in [-0.25, -0.2) is 9.97 Å². The number of nitrogens with one attached hydrogen (secondary N) is 1. The Kier molecular flexibility index (Phi) is 4.52. The Morgan fingerprint density at radius 3 is 2.85 bits per heavy atom. The molecule has 0 aliphatic rings. The van der Waals surface area contributed by atoms with Gasteiger partial charge < -0.3 is 5.32 Å². The summed E-state index contributed by atoms with van der Waals surface area (Å²) < 4.78 is 0. The maximum atomic E-state index is 11.2. The van der Waals surface area contributed by atoms with E-state index in [9.17, 15) is 10.1 Å². The van der Waals surface area contributed by atoms with E-state index in [1.807, 2.05) is 38.1 Å². The maximum Gasteiger partial charge on any atom is 0.343 e. The van der Waals surface area contributed by atoms with Gasteiger partial charge in [0.1, 0.15) is 6.33 Å². The Hall–Kier alpha value is -2.15. The summed E-state index contributed by atoms with van der Waals surface area (Å²) in [5.74, 6) is 0.252. The summed E-state index contributed by atoms with van der Waals surface area (Å²) in [4.78, 5) is 19.7. The number of benzene rings is 1. The van der Waals surface area contributed by atoms with Crippen LogP contribution >= 0.6 is 11.8 Å². The van der Waals surface area contributed by atoms with Crippen molar-refractivity contribution < 1.29 is 4.92 Å². The molecule has 0 radical (unpaired) electrons. The molecule has 0 amide bonds. The van der Waals surface area contributed by atoms with E-state index >= 15 is 0 Å². The van der Waals surface area contributed by atoms with Gasteiger partial charge in [0.25, 0.3) is 0 Å². The van der Waals surface area contributed by atoms with Crippen molar-refractivity contribution in [3.05, 3.63) is 46.3 Å². The first-order valence-electron chi connectivity index (χ1n) is 6.09. The first-order chi connectivity index (χ1) is 9.61. The van der Waals surface area contributed by atoms with E-state index in [0.29, 0.717) is 11.6 Å². The number of anilines is 1. The minimum atomic E-state index is -0.448. The average Bonchev–Trinajstić information content (AvgIpc) is 2.39. The molecule has 1 N–H and O–H groups in total. The predicted octanol–water partition coefficient (Wildman–Crippen LogP) is 3.28. The molecule has 0 bridgehead atoms. The fraction of sp³-hybridized carbons (Fsp3) is 0.231. The van der Waals surface area contributed by atoms with E-state index in [-0.39, 0.29) is 11.5 Å². The fourth-order valence-electron chi connectivity index (χ4n) is 1.69. The summed E-state index contributed by atoms with van der Waals surface area (Å²) in [6.07, 6.45) is 1.34. The highest BCUT2D eigenvalue weighted by atomic mass is 32.2. The van der Waals surface area contributed by atoms with Crippen molar-refractivity contribution in [2.24, 2.45) is 0 Å². The molecule has 1 heterocycles. The van der Waals surface area contributed by atoms with Crippen LogP contribution in [0.25, 0.3) is 0 Å². The van der Waals surface area contributed by atoms with Crippen molar-refractivity contribution in [2.45, 2.75) is 23.8 Å². The van der Waals surface area contributed by atoms with Crippen molar-refractivity contribution in [3.8, 4) is 0 Å². The van der Waals surface area contributed by atoms with Crippen LogP contribution in [0, 0.1) is 17.0 Å². The third kappa shape index (κ3) is 3.24. The van der Waals surface area contributed by atoms with Crippen LogP contribution in [0.15, 0.2) is 40.5 Å². The van der Waals surface area contributed by atoms with Crippen LogP contribution < -0.4 is 5.32 Å². The lowest BCUT2D eigenvalue weighted by Crippen LogP contribution is -2.05. The van der Waals surface area contributed by atoms with Gasteiger partial charge >= 0.3 is 5.69 Å². The number of aromatic nitrogens is 2. The van der Waals surface area contributed by atoms with E-state index in [0.717, 1.165) is 10.5 Å². The Bertz CT molecular complexity index is 634. The van der Waals surface area contributed by atoms with Gasteiger partial charge in [0.05, 0.1) is 4.92 Å². The van der Waals surface area contributed by atoms with Crippen LogP contribution in [-0.2, 0) is 0 Å². The molecular formula is C13H14N4O2S. The van der Waals surface area contributed by atoms with Crippen LogP contribution in [0.3, 0.4) is 0 Å². The van der Waals surface area contributed by atoms with Gasteiger partial charge in [-0.1, -0.05) is 29.5 Å². The third-order valence-electron chi connectivity index (χ3n) is 2.52. The molecule has 0 aliphatic carbocycles. The van der Waals surface area contributed by atoms with E-state index < -0.39 is 4.92 Å².